The van der Waals surface area contributed by atoms with E-state index < -0.39 is 0 Å². The van der Waals surface area contributed by atoms with Gasteiger partial charge in [-0.15, -0.1) is 0 Å². The highest BCUT2D eigenvalue weighted by molar-refractivity contribution is 5.17. The van der Waals surface area contributed by atoms with E-state index in [1.54, 1.807) is 0 Å². The average molecular weight is 164 g/mol. The normalized spacial score (nSPS) is 23.6. The lowest BCUT2D eigenvalue weighted by Gasteiger charge is -2.07. The Morgan fingerprint density at radius 1 is 1.42 bits per heavy atom. The van der Waals surface area contributed by atoms with Crippen molar-refractivity contribution in [2.45, 2.75) is 18.6 Å². The van der Waals surface area contributed by atoms with Crippen molar-refractivity contribution in [2.75, 3.05) is 6.61 Å². The number of rotatable bonds is 3. The van der Waals surface area contributed by atoms with Crippen molar-refractivity contribution in [3.05, 3.63) is 35.9 Å². The Morgan fingerprint density at radius 3 is 2.67 bits per heavy atom. The Kier molecular flexibility index (Phi) is 2.11. The van der Waals surface area contributed by atoms with Crippen LogP contribution < -0.4 is 0 Å². The van der Waals surface area contributed by atoms with Gasteiger partial charge in [0.05, 0.1) is 18.8 Å². The topological polar surface area (TPSA) is 32.8 Å². The zero-order chi connectivity index (χ0) is 8.39. The quantitative estimate of drug-likeness (QED) is 0.687. The van der Waals surface area contributed by atoms with Crippen molar-refractivity contribution in [2.24, 2.45) is 0 Å². The number of hydrogen-bond donors (Lipinski definition) is 1. The smallest absolute Gasteiger partial charge is 0.0837 e. The van der Waals surface area contributed by atoms with Crippen LogP contribution in [0.25, 0.3) is 0 Å². The molecular formula is C10H12O2. The van der Waals surface area contributed by atoms with Gasteiger partial charge in [0.25, 0.3) is 0 Å². The van der Waals surface area contributed by atoms with Gasteiger partial charge in [-0.1, -0.05) is 30.3 Å². The maximum Gasteiger partial charge on any atom is 0.0837 e. The van der Waals surface area contributed by atoms with E-state index in [0.717, 1.165) is 18.6 Å². The monoisotopic (exact) mass is 164 g/mol. The number of epoxide rings is 1. The van der Waals surface area contributed by atoms with Crippen molar-refractivity contribution in [3.8, 4) is 0 Å². The predicted molar refractivity (Wildman–Crippen MR) is 45.8 cm³/mol. The zero-order valence-corrected chi connectivity index (χ0v) is 6.81. The van der Waals surface area contributed by atoms with Crippen LogP contribution >= 0.6 is 0 Å². The lowest BCUT2D eigenvalue weighted by atomic mass is 10.1. The van der Waals surface area contributed by atoms with Crippen LogP contribution in [0.15, 0.2) is 30.3 Å². The molecule has 1 aromatic rings. The lowest BCUT2D eigenvalue weighted by Crippen LogP contribution is -2.00. The third-order valence-corrected chi connectivity index (χ3v) is 2.07. The fourth-order valence-corrected chi connectivity index (χ4v) is 1.26. The first-order chi connectivity index (χ1) is 5.86. The van der Waals surface area contributed by atoms with Gasteiger partial charge in [0.1, 0.15) is 0 Å². The van der Waals surface area contributed by atoms with Gasteiger partial charge < -0.3 is 9.84 Å². The zero-order valence-electron chi connectivity index (χ0n) is 6.81. The fourth-order valence-electron chi connectivity index (χ4n) is 1.26. The predicted octanol–water partition coefficient (Wildman–Crippen LogP) is 1.51. The third kappa shape index (κ3) is 1.84. The summed E-state index contributed by atoms with van der Waals surface area (Å²) in [6, 6.07) is 9.70. The highest BCUT2D eigenvalue weighted by atomic mass is 16.6. The van der Waals surface area contributed by atoms with Crippen molar-refractivity contribution in [1.29, 1.82) is 0 Å². The van der Waals surface area contributed by atoms with Crippen molar-refractivity contribution in [1.82, 2.24) is 0 Å². The second-order valence-corrected chi connectivity index (χ2v) is 3.12. The van der Waals surface area contributed by atoms with Crippen LogP contribution in [0.1, 0.15) is 18.1 Å². The molecule has 0 amide bonds. The van der Waals surface area contributed by atoms with Crippen molar-refractivity contribution >= 4 is 0 Å². The molecule has 1 aliphatic rings. The molecule has 2 rings (SSSR count). The largest absolute Gasteiger partial charge is 0.388 e. The average Bonchev–Trinajstić information content (AvgIpc) is 2.90. The molecule has 1 N–H and O–H groups in total. The van der Waals surface area contributed by atoms with Crippen LogP contribution in [0.5, 0.6) is 0 Å². The van der Waals surface area contributed by atoms with Crippen LogP contribution in [0.2, 0.25) is 0 Å². The third-order valence-electron chi connectivity index (χ3n) is 2.07. The molecule has 1 saturated heterocycles. The summed E-state index contributed by atoms with van der Waals surface area (Å²) in [6.45, 7) is 0.809. The van der Waals surface area contributed by atoms with E-state index in [2.05, 4.69) is 0 Å². The summed E-state index contributed by atoms with van der Waals surface area (Å²) >= 11 is 0. The van der Waals surface area contributed by atoms with Crippen LogP contribution in [-0.2, 0) is 4.74 Å². The van der Waals surface area contributed by atoms with Gasteiger partial charge in [-0.3, -0.25) is 0 Å². The fraction of sp³-hybridized carbons (Fsp3) is 0.400. The Bertz CT molecular complexity index is 241. The number of aliphatic hydroxyl groups excluding tert-OH is 1. The molecule has 2 nitrogen and oxygen atoms in total. The van der Waals surface area contributed by atoms with Gasteiger partial charge in [0, 0.05) is 6.42 Å². The first kappa shape index (κ1) is 7.77. The lowest BCUT2D eigenvalue weighted by molar-refractivity contribution is 0.154. The number of benzene rings is 1. The van der Waals surface area contributed by atoms with Gasteiger partial charge >= 0.3 is 0 Å². The van der Waals surface area contributed by atoms with E-state index in [1.165, 1.54) is 0 Å². The van der Waals surface area contributed by atoms with Crippen molar-refractivity contribution in [3.63, 3.8) is 0 Å². The van der Waals surface area contributed by atoms with Gasteiger partial charge in [0.2, 0.25) is 0 Å². The summed E-state index contributed by atoms with van der Waals surface area (Å²) in [5.41, 5.74) is 0.980. The molecule has 2 heteroatoms. The molecular weight excluding hydrogens is 152 g/mol. The van der Waals surface area contributed by atoms with Crippen molar-refractivity contribution < 1.29 is 9.84 Å². The Balaban J connectivity index is 1.98. The number of hydrogen-bond acceptors (Lipinski definition) is 2. The van der Waals surface area contributed by atoms with Gasteiger partial charge in [-0.25, -0.2) is 0 Å². The van der Waals surface area contributed by atoms with Crippen LogP contribution in [-0.4, -0.2) is 17.8 Å². The molecule has 2 atom stereocenters. The summed E-state index contributed by atoms with van der Waals surface area (Å²) in [6.07, 6.45) is 0.656. The first-order valence-corrected chi connectivity index (χ1v) is 4.21. The van der Waals surface area contributed by atoms with E-state index in [1.807, 2.05) is 30.3 Å². The van der Waals surface area contributed by atoms with E-state index in [0.29, 0.717) is 6.10 Å². The van der Waals surface area contributed by atoms with E-state index in [9.17, 15) is 5.11 Å². The summed E-state index contributed by atoms with van der Waals surface area (Å²) in [5.74, 6) is 0. The Labute approximate surface area is 71.8 Å². The molecule has 1 heterocycles. The minimum absolute atomic E-state index is 0.292. The molecule has 1 aromatic carbocycles. The molecule has 1 unspecified atom stereocenters. The minimum atomic E-state index is -0.362. The molecule has 64 valence electrons. The molecule has 0 radical (unpaired) electrons. The second kappa shape index (κ2) is 3.25. The number of aliphatic hydroxyl groups is 1. The van der Waals surface area contributed by atoms with Crippen LogP contribution in [0, 0.1) is 0 Å². The molecule has 12 heavy (non-hydrogen) atoms. The van der Waals surface area contributed by atoms with Crippen LogP contribution in [0.4, 0.5) is 0 Å². The van der Waals surface area contributed by atoms with E-state index >= 15 is 0 Å². The SMILES string of the molecule is O[C@@H](CC1CO1)c1ccccc1. The Morgan fingerprint density at radius 2 is 2.08 bits per heavy atom. The standard InChI is InChI=1S/C10H12O2/c11-10(6-9-7-12-9)8-4-2-1-3-5-8/h1-5,9-11H,6-7H2/t9?,10-/m0/s1. The van der Waals surface area contributed by atoms with Gasteiger partial charge in [-0.05, 0) is 5.56 Å². The summed E-state index contributed by atoms with van der Waals surface area (Å²) in [7, 11) is 0. The molecule has 0 aromatic heterocycles. The van der Waals surface area contributed by atoms with Crippen LogP contribution in [0.3, 0.4) is 0 Å². The minimum Gasteiger partial charge on any atom is -0.388 e. The van der Waals surface area contributed by atoms with Gasteiger partial charge in [0.15, 0.2) is 0 Å². The van der Waals surface area contributed by atoms with E-state index in [4.69, 9.17) is 4.74 Å². The molecule has 0 bridgehead atoms. The highest BCUT2D eigenvalue weighted by Gasteiger charge is 2.26. The summed E-state index contributed by atoms with van der Waals surface area (Å²) < 4.78 is 5.04. The summed E-state index contributed by atoms with van der Waals surface area (Å²) in [5, 5.41) is 9.65. The maximum atomic E-state index is 9.65. The maximum absolute atomic E-state index is 9.65. The first-order valence-electron chi connectivity index (χ1n) is 4.21. The highest BCUT2D eigenvalue weighted by Crippen LogP contribution is 2.24. The summed E-state index contributed by atoms with van der Waals surface area (Å²) in [4.78, 5) is 0. The molecule has 1 aliphatic heterocycles. The molecule has 0 aliphatic carbocycles. The number of ether oxygens (including phenoxy) is 1. The molecule has 1 fully saturated rings. The Hall–Kier alpha value is -0.860. The molecule has 0 saturated carbocycles. The van der Waals surface area contributed by atoms with Gasteiger partial charge in [-0.2, -0.15) is 0 Å². The molecule has 0 spiro atoms. The second-order valence-electron chi connectivity index (χ2n) is 3.12. The van der Waals surface area contributed by atoms with E-state index in [-0.39, 0.29) is 6.10 Å².